The van der Waals surface area contributed by atoms with E-state index in [4.69, 9.17) is 16.3 Å². The van der Waals surface area contributed by atoms with Crippen molar-refractivity contribution in [2.75, 3.05) is 0 Å². The molecule has 0 aliphatic rings. The fourth-order valence-electron chi connectivity index (χ4n) is 2.59. The number of carbonyl (C=O) groups is 1. The third-order valence-electron chi connectivity index (χ3n) is 3.91. The molecule has 0 amide bonds. The number of benzene rings is 2. The van der Waals surface area contributed by atoms with Gasteiger partial charge < -0.3 is 4.74 Å². The van der Waals surface area contributed by atoms with Crippen molar-refractivity contribution < 1.29 is 9.53 Å². The zero-order chi connectivity index (χ0) is 18.8. The fourth-order valence-corrected chi connectivity index (χ4v) is 2.72. The maximum absolute atomic E-state index is 12.5. The summed E-state index contributed by atoms with van der Waals surface area (Å²) in [4.78, 5) is 24.8. The highest BCUT2D eigenvalue weighted by Crippen LogP contribution is 2.20. The molecule has 0 unspecified atom stereocenters. The number of esters is 1. The number of hydrogen-bond acceptors (Lipinski definition) is 4. The van der Waals surface area contributed by atoms with Crippen LogP contribution in [0.3, 0.4) is 0 Å². The largest absolute Gasteiger partial charge is 0.421 e. The van der Waals surface area contributed by atoms with Crippen molar-refractivity contribution in [3.05, 3.63) is 86.3 Å². The maximum atomic E-state index is 12.5. The summed E-state index contributed by atoms with van der Waals surface area (Å²) in [6.07, 6.45) is 0. The third-order valence-corrected chi connectivity index (χ3v) is 4.16. The summed E-state index contributed by atoms with van der Waals surface area (Å²) in [7, 11) is 0. The van der Waals surface area contributed by atoms with Crippen molar-refractivity contribution in [3.63, 3.8) is 0 Å². The van der Waals surface area contributed by atoms with E-state index in [2.05, 4.69) is 5.10 Å². The molecule has 3 aromatic rings. The van der Waals surface area contributed by atoms with Gasteiger partial charge in [0.2, 0.25) is 11.1 Å². The van der Waals surface area contributed by atoms with E-state index in [1.807, 2.05) is 26.0 Å². The number of hydrogen-bond donors (Lipinski definition) is 0. The van der Waals surface area contributed by atoms with Gasteiger partial charge in [-0.3, -0.25) is 4.79 Å². The maximum Gasteiger partial charge on any atom is 0.368 e. The minimum atomic E-state index is -0.787. The first-order chi connectivity index (χ1) is 12.3. The average Bonchev–Trinajstić information content (AvgIpc) is 2.58. The molecule has 0 atom stereocenters. The summed E-state index contributed by atoms with van der Waals surface area (Å²) < 4.78 is 6.89. The number of carbonyl (C=O) groups excluding carboxylic acids is 1. The van der Waals surface area contributed by atoms with E-state index >= 15 is 0 Å². The van der Waals surface area contributed by atoms with E-state index < -0.39 is 11.4 Å². The quantitative estimate of drug-likeness (QED) is 0.517. The van der Waals surface area contributed by atoms with Crippen LogP contribution in [0, 0.1) is 20.8 Å². The monoisotopic (exact) mass is 368 g/mol. The lowest BCUT2D eigenvalue weighted by molar-refractivity contribution is 0.0723. The van der Waals surface area contributed by atoms with E-state index in [0.29, 0.717) is 22.2 Å². The average molecular weight is 369 g/mol. The van der Waals surface area contributed by atoms with Crippen LogP contribution in [0.5, 0.6) is 5.75 Å². The van der Waals surface area contributed by atoms with Gasteiger partial charge in [0.1, 0.15) is 5.75 Å². The van der Waals surface area contributed by atoms with Crippen LogP contribution < -0.4 is 10.2 Å². The van der Waals surface area contributed by atoms with Crippen molar-refractivity contribution in [1.29, 1.82) is 0 Å². The number of rotatable bonds is 3. The molecule has 0 radical (unpaired) electrons. The van der Waals surface area contributed by atoms with Gasteiger partial charge in [0.05, 0.1) is 5.69 Å². The van der Waals surface area contributed by atoms with Crippen LogP contribution in [0.25, 0.3) is 5.69 Å². The molecule has 0 bridgehead atoms. The first-order valence-electron chi connectivity index (χ1n) is 8.01. The first kappa shape index (κ1) is 17.9. The highest BCUT2D eigenvalue weighted by atomic mass is 35.5. The molecule has 0 N–H and O–H groups in total. The highest BCUT2D eigenvalue weighted by molar-refractivity contribution is 6.30. The van der Waals surface area contributed by atoms with Crippen molar-refractivity contribution in [2.24, 2.45) is 0 Å². The molecule has 0 saturated heterocycles. The molecular weight excluding hydrogens is 352 g/mol. The number of ether oxygens (including phenoxy) is 1. The molecule has 0 aliphatic carbocycles. The van der Waals surface area contributed by atoms with Crippen molar-refractivity contribution in [1.82, 2.24) is 9.78 Å². The van der Waals surface area contributed by atoms with Crippen LogP contribution in [-0.2, 0) is 0 Å². The third kappa shape index (κ3) is 3.68. The molecule has 26 heavy (non-hydrogen) atoms. The number of nitrogens with zero attached hydrogens (tertiary/aromatic N) is 2. The minimum absolute atomic E-state index is 0.273. The number of halogens is 1. The highest BCUT2D eigenvalue weighted by Gasteiger charge is 2.18. The van der Waals surface area contributed by atoms with Gasteiger partial charge in [0.15, 0.2) is 0 Å². The van der Waals surface area contributed by atoms with Gasteiger partial charge in [0, 0.05) is 16.8 Å². The first-order valence-corrected chi connectivity index (χ1v) is 8.39. The van der Waals surface area contributed by atoms with Crippen molar-refractivity contribution >= 4 is 17.6 Å². The SMILES string of the molecule is Cc1ccc(OC(=O)c2nn(-c3ccc(Cl)cc3)c(C)cc2=O)c(C)c1. The van der Waals surface area contributed by atoms with Gasteiger partial charge in [-0.05, 0) is 56.7 Å². The van der Waals surface area contributed by atoms with Crippen molar-refractivity contribution in [3.8, 4) is 11.4 Å². The summed E-state index contributed by atoms with van der Waals surface area (Å²) >= 11 is 5.91. The Hall–Kier alpha value is -2.92. The minimum Gasteiger partial charge on any atom is -0.421 e. The Morgan fingerprint density at radius 1 is 1.04 bits per heavy atom. The Labute approximate surface area is 155 Å². The Kier molecular flexibility index (Phi) is 4.91. The van der Waals surface area contributed by atoms with Crippen LogP contribution in [-0.4, -0.2) is 15.7 Å². The van der Waals surface area contributed by atoms with Gasteiger partial charge >= 0.3 is 5.97 Å². The molecule has 6 heteroatoms. The standard InChI is InChI=1S/C20H17ClN2O3/c1-12-4-9-18(13(2)10-12)26-20(25)19-17(24)11-14(3)23(22-19)16-7-5-15(21)6-8-16/h4-11H,1-3H3. The Morgan fingerprint density at radius 2 is 1.73 bits per heavy atom. The Morgan fingerprint density at radius 3 is 2.38 bits per heavy atom. The molecule has 0 fully saturated rings. The molecule has 0 aliphatic heterocycles. The van der Waals surface area contributed by atoms with Gasteiger partial charge in [-0.1, -0.05) is 29.3 Å². The number of aryl methyl sites for hydroxylation is 3. The fraction of sp³-hybridized carbons (Fsp3) is 0.150. The lowest BCUT2D eigenvalue weighted by atomic mass is 10.1. The summed E-state index contributed by atoms with van der Waals surface area (Å²) in [5, 5.41) is 4.79. The Bertz CT molecular complexity index is 1040. The van der Waals surface area contributed by atoms with E-state index in [1.165, 1.54) is 10.7 Å². The van der Waals surface area contributed by atoms with Crippen LogP contribution in [0.4, 0.5) is 0 Å². The van der Waals surface area contributed by atoms with Crippen LogP contribution >= 0.6 is 11.6 Å². The molecular formula is C20H17ClN2O3. The zero-order valence-corrected chi connectivity index (χ0v) is 15.4. The van der Waals surface area contributed by atoms with Gasteiger partial charge in [0.25, 0.3) is 0 Å². The van der Waals surface area contributed by atoms with Crippen LogP contribution in [0.15, 0.2) is 53.3 Å². The predicted octanol–water partition coefficient (Wildman–Crippen LogP) is 4.03. The van der Waals surface area contributed by atoms with Crippen LogP contribution in [0.1, 0.15) is 27.3 Å². The second kappa shape index (κ2) is 7.14. The lowest BCUT2D eigenvalue weighted by Crippen LogP contribution is -2.25. The lowest BCUT2D eigenvalue weighted by Gasteiger charge is -2.12. The van der Waals surface area contributed by atoms with Crippen LogP contribution in [0.2, 0.25) is 5.02 Å². The normalized spacial score (nSPS) is 10.6. The molecule has 1 heterocycles. The van der Waals surface area contributed by atoms with E-state index in [0.717, 1.165) is 11.1 Å². The second-order valence-corrected chi connectivity index (χ2v) is 6.48. The van der Waals surface area contributed by atoms with Crippen molar-refractivity contribution in [2.45, 2.75) is 20.8 Å². The Balaban J connectivity index is 1.99. The molecule has 132 valence electrons. The molecule has 2 aromatic carbocycles. The molecule has 1 aromatic heterocycles. The zero-order valence-electron chi connectivity index (χ0n) is 14.6. The molecule has 0 saturated carbocycles. The summed E-state index contributed by atoms with van der Waals surface area (Å²) in [5.41, 5.74) is 2.39. The second-order valence-electron chi connectivity index (χ2n) is 6.05. The van der Waals surface area contributed by atoms with E-state index in [-0.39, 0.29) is 5.69 Å². The van der Waals surface area contributed by atoms with E-state index in [9.17, 15) is 9.59 Å². The summed E-state index contributed by atoms with van der Waals surface area (Å²) in [6.45, 7) is 5.53. The molecule has 3 rings (SSSR count). The van der Waals surface area contributed by atoms with E-state index in [1.54, 1.807) is 37.3 Å². The summed E-state index contributed by atoms with van der Waals surface area (Å²) in [6, 6.07) is 13.7. The molecule has 0 spiro atoms. The smallest absolute Gasteiger partial charge is 0.368 e. The van der Waals surface area contributed by atoms with Gasteiger partial charge in [-0.25, -0.2) is 9.48 Å². The topological polar surface area (TPSA) is 61.2 Å². The summed E-state index contributed by atoms with van der Waals surface area (Å²) in [5.74, 6) is -0.384. The number of aromatic nitrogens is 2. The van der Waals surface area contributed by atoms with Gasteiger partial charge in [-0.15, -0.1) is 0 Å². The molecule has 5 nitrogen and oxygen atoms in total. The predicted molar refractivity (Wildman–Crippen MR) is 100 cm³/mol. The van der Waals surface area contributed by atoms with Gasteiger partial charge in [-0.2, -0.15) is 5.10 Å².